The fraction of sp³-hybridized carbons (Fsp3) is 0.474. The molecule has 2 atom stereocenters. The van der Waals surface area contributed by atoms with Crippen molar-refractivity contribution in [3.63, 3.8) is 0 Å². The summed E-state index contributed by atoms with van der Waals surface area (Å²) in [6.45, 7) is 0. The topological polar surface area (TPSA) is 59.8 Å². The number of rotatable bonds is 10. The lowest BCUT2D eigenvalue weighted by molar-refractivity contribution is -0.698. The van der Waals surface area contributed by atoms with Crippen LogP contribution in [0.4, 0.5) is 11.4 Å². The summed E-state index contributed by atoms with van der Waals surface area (Å²) in [5.41, 5.74) is 13.0. The Morgan fingerprint density at radius 1 is 0.640 bits per heavy atom. The standard InChI is InChI=1S/C19H26Br2N4/c20-18(24-12-8-16(22)9-13-24)6-4-2-1-3-5-7-19(21)25-14-10-17(23)11-15-25/h8-15,18-19,22-23H,1-7H2/p+2. The van der Waals surface area contributed by atoms with Gasteiger partial charge in [-0.3, -0.25) is 0 Å². The Balaban J connectivity index is 1.54. The zero-order chi connectivity index (χ0) is 18.1. The molecule has 2 heterocycles. The monoisotopic (exact) mass is 470 g/mol. The number of anilines is 2. The highest BCUT2D eigenvalue weighted by Gasteiger charge is 2.14. The second kappa shape index (κ2) is 10.8. The molecule has 6 heteroatoms. The fourth-order valence-corrected chi connectivity index (χ4v) is 3.92. The lowest BCUT2D eigenvalue weighted by Crippen LogP contribution is -2.35. The van der Waals surface area contributed by atoms with Gasteiger partial charge in [0.2, 0.25) is 9.90 Å². The van der Waals surface area contributed by atoms with Gasteiger partial charge in [0, 0.05) is 48.5 Å². The molecule has 0 saturated carbocycles. The number of nitrogens with zero attached hydrogens (tertiary/aromatic N) is 2. The summed E-state index contributed by atoms with van der Waals surface area (Å²) in [4.78, 5) is 0.698. The largest absolute Gasteiger partial charge is 0.398 e. The van der Waals surface area contributed by atoms with Gasteiger partial charge >= 0.3 is 0 Å². The maximum atomic E-state index is 5.72. The van der Waals surface area contributed by atoms with Crippen LogP contribution in [0.5, 0.6) is 0 Å². The van der Waals surface area contributed by atoms with Crippen molar-refractivity contribution in [3.8, 4) is 0 Å². The second-order valence-electron chi connectivity index (χ2n) is 6.37. The molecule has 136 valence electrons. The van der Waals surface area contributed by atoms with Crippen LogP contribution in [0.1, 0.15) is 54.8 Å². The van der Waals surface area contributed by atoms with Crippen molar-refractivity contribution in [2.45, 2.75) is 54.8 Å². The number of hydrogen-bond acceptors (Lipinski definition) is 2. The van der Waals surface area contributed by atoms with Crippen LogP contribution in [0, 0.1) is 0 Å². The van der Waals surface area contributed by atoms with Crippen LogP contribution in [0.3, 0.4) is 0 Å². The number of hydrogen-bond donors (Lipinski definition) is 2. The fourth-order valence-electron chi connectivity index (χ4n) is 2.73. The molecule has 4 N–H and O–H groups in total. The summed E-state index contributed by atoms with van der Waals surface area (Å²) < 4.78 is 4.32. The van der Waals surface area contributed by atoms with Crippen molar-refractivity contribution in [1.82, 2.24) is 0 Å². The molecule has 0 aromatic carbocycles. The minimum Gasteiger partial charge on any atom is -0.398 e. The van der Waals surface area contributed by atoms with Gasteiger partial charge in [0.1, 0.15) is 0 Å². The molecule has 4 nitrogen and oxygen atoms in total. The van der Waals surface area contributed by atoms with Gasteiger partial charge in [-0.05, 0) is 44.7 Å². The minimum atomic E-state index is 0.349. The Labute approximate surface area is 167 Å². The van der Waals surface area contributed by atoms with Gasteiger partial charge in [-0.1, -0.05) is 19.3 Å². The molecule has 0 aliphatic heterocycles. The molecule has 0 spiro atoms. The third kappa shape index (κ3) is 7.32. The maximum Gasteiger partial charge on any atom is 0.211 e. The highest BCUT2D eigenvalue weighted by molar-refractivity contribution is 9.09. The molecule has 2 rings (SSSR count). The van der Waals surface area contributed by atoms with Crippen LogP contribution in [0.15, 0.2) is 49.1 Å². The number of alkyl halides is 2. The first-order valence-electron chi connectivity index (χ1n) is 8.87. The van der Waals surface area contributed by atoms with E-state index in [0.29, 0.717) is 9.90 Å². The highest BCUT2D eigenvalue weighted by atomic mass is 79.9. The van der Waals surface area contributed by atoms with Gasteiger partial charge in [-0.25, -0.2) is 0 Å². The lowest BCUT2D eigenvalue weighted by Gasteiger charge is -2.07. The first-order valence-corrected chi connectivity index (χ1v) is 10.7. The van der Waals surface area contributed by atoms with Crippen molar-refractivity contribution in [1.29, 1.82) is 0 Å². The summed E-state index contributed by atoms with van der Waals surface area (Å²) >= 11 is 7.50. The molecule has 0 aliphatic rings. The van der Waals surface area contributed by atoms with Gasteiger partial charge in [-0.15, -0.1) is 0 Å². The van der Waals surface area contributed by atoms with Gasteiger partial charge in [-0.2, -0.15) is 9.13 Å². The Hall–Kier alpha value is -1.14. The molecule has 0 amide bonds. The SMILES string of the molecule is Nc1cc[n+](C(Br)CCCCCCCC(Br)[n+]2ccc(N)cc2)cc1. The van der Waals surface area contributed by atoms with E-state index >= 15 is 0 Å². The van der Waals surface area contributed by atoms with Crippen LogP contribution in [-0.4, -0.2) is 0 Å². The Kier molecular flexibility index (Phi) is 8.68. The maximum absolute atomic E-state index is 5.72. The number of halogens is 2. The second-order valence-corrected chi connectivity index (χ2v) is 8.49. The number of nitrogen functional groups attached to an aromatic ring is 2. The summed E-state index contributed by atoms with van der Waals surface area (Å²) in [6, 6.07) is 7.74. The zero-order valence-corrected chi connectivity index (χ0v) is 17.7. The van der Waals surface area contributed by atoms with Gasteiger partial charge in [0.15, 0.2) is 24.8 Å². The van der Waals surface area contributed by atoms with Gasteiger partial charge in [0.05, 0.1) is 0 Å². The molecular formula is C19H28Br2N4+2. The van der Waals surface area contributed by atoms with Crippen molar-refractivity contribution in [3.05, 3.63) is 49.1 Å². The van der Waals surface area contributed by atoms with E-state index in [9.17, 15) is 0 Å². The van der Waals surface area contributed by atoms with E-state index in [2.05, 4.69) is 41.0 Å². The lowest BCUT2D eigenvalue weighted by atomic mass is 10.1. The molecule has 0 fully saturated rings. The number of pyridine rings is 2. The summed E-state index contributed by atoms with van der Waals surface area (Å²) in [6.07, 6.45) is 16.7. The first kappa shape index (κ1) is 20.2. The van der Waals surface area contributed by atoms with Crippen molar-refractivity contribution < 1.29 is 9.13 Å². The summed E-state index contributed by atoms with van der Waals surface area (Å²) in [5, 5.41) is 0. The minimum absolute atomic E-state index is 0.349. The van der Waals surface area contributed by atoms with Crippen LogP contribution in [-0.2, 0) is 0 Å². The number of nitrogens with two attached hydrogens (primary N) is 2. The van der Waals surface area contributed by atoms with E-state index in [1.54, 1.807) is 0 Å². The van der Waals surface area contributed by atoms with Gasteiger partial charge in [0.25, 0.3) is 0 Å². The average molecular weight is 472 g/mol. The molecule has 2 aromatic rings. The predicted molar refractivity (Wildman–Crippen MR) is 110 cm³/mol. The molecule has 0 saturated heterocycles. The van der Waals surface area contributed by atoms with Crippen LogP contribution in [0.25, 0.3) is 0 Å². The normalized spacial score (nSPS) is 13.5. The van der Waals surface area contributed by atoms with E-state index in [-0.39, 0.29) is 0 Å². The van der Waals surface area contributed by atoms with Crippen LogP contribution in [0.2, 0.25) is 0 Å². The molecule has 2 unspecified atom stereocenters. The van der Waals surface area contributed by atoms with E-state index in [1.807, 2.05) is 49.1 Å². The molecule has 0 bridgehead atoms. The molecular weight excluding hydrogens is 444 g/mol. The zero-order valence-electron chi connectivity index (χ0n) is 14.5. The van der Waals surface area contributed by atoms with Crippen molar-refractivity contribution in [2.24, 2.45) is 0 Å². The Morgan fingerprint density at radius 2 is 0.960 bits per heavy atom. The summed E-state index contributed by atoms with van der Waals surface area (Å²) in [5.74, 6) is 0. The number of unbranched alkanes of at least 4 members (excludes halogenated alkanes) is 4. The molecule has 0 radical (unpaired) electrons. The first-order chi connectivity index (χ1) is 12.1. The van der Waals surface area contributed by atoms with Crippen LogP contribution >= 0.6 is 31.9 Å². The van der Waals surface area contributed by atoms with E-state index in [4.69, 9.17) is 11.5 Å². The third-order valence-electron chi connectivity index (χ3n) is 4.29. The number of aromatic nitrogens is 2. The predicted octanol–water partition coefficient (Wildman–Crippen LogP) is 4.64. The van der Waals surface area contributed by atoms with Crippen molar-refractivity contribution >= 4 is 43.2 Å². The van der Waals surface area contributed by atoms with E-state index in [0.717, 1.165) is 24.2 Å². The van der Waals surface area contributed by atoms with Crippen molar-refractivity contribution in [2.75, 3.05) is 11.5 Å². The highest BCUT2D eigenvalue weighted by Crippen LogP contribution is 2.20. The van der Waals surface area contributed by atoms with E-state index in [1.165, 1.54) is 32.1 Å². The third-order valence-corrected chi connectivity index (χ3v) is 6.15. The van der Waals surface area contributed by atoms with E-state index < -0.39 is 0 Å². The van der Waals surface area contributed by atoms with Crippen LogP contribution < -0.4 is 20.6 Å². The average Bonchev–Trinajstić information content (AvgIpc) is 2.61. The Morgan fingerprint density at radius 3 is 1.32 bits per heavy atom. The molecule has 2 aromatic heterocycles. The summed E-state index contributed by atoms with van der Waals surface area (Å²) in [7, 11) is 0. The quantitative estimate of drug-likeness (QED) is 0.301. The van der Waals surface area contributed by atoms with Gasteiger partial charge < -0.3 is 11.5 Å². The molecule has 25 heavy (non-hydrogen) atoms. The smallest absolute Gasteiger partial charge is 0.211 e. The molecule has 0 aliphatic carbocycles. The Bertz CT molecular complexity index is 561.